The molecule has 0 spiro atoms. The van der Waals surface area contributed by atoms with Crippen molar-refractivity contribution in [1.82, 2.24) is 19.9 Å². The van der Waals surface area contributed by atoms with E-state index in [1.807, 2.05) is 56.3 Å². The average Bonchev–Trinajstić information content (AvgIpc) is 2.73. The predicted molar refractivity (Wildman–Crippen MR) is 111 cm³/mol. The summed E-state index contributed by atoms with van der Waals surface area (Å²) < 4.78 is 0. The highest BCUT2D eigenvalue weighted by molar-refractivity contribution is 5.61. The van der Waals surface area contributed by atoms with Crippen LogP contribution in [0.25, 0.3) is 11.4 Å². The SMILES string of the molecule is CC(C)[C@H](CO)Nc1nc(NCCc2ccccn2)cc(-c2ccccn2)n1. The maximum atomic E-state index is 9.63. The lowest BCUT2D eigenvalue weighted by Crippen LogP contribution is -2.30. The number of nitrogens with one attached hydrogen (secondary N) is 2. The number of nitrogens with zero attached hydrogens (tertiary/aromatic N) is 4. The molecule has 7 nitrogen and oxygen atoms in total. The number of rotatable bonds is 9. The smallest absolute Gasteiger partial charge is 0.225 e. The van der Waals surface area contributed by atoms with Crippen molar-refractivity contribution in [2.45, 2.75) is 26.3 Å². The van der Waals surface area contributed by atoms with E-state index in [-0.39, 0.29) is 18.6 Å². The lowest BCUT2D eigenvalue weighted by Gasteiger charge is -2.20. The van der Waals surface area contributed by atoms with E-state index >= 15 is 0 Å². The fraction of sp³-hybridized carbons (Fsp3) is 0.333. The summed E-state index contributed by atoms with van der Waals surface area (Å²) in [5, 5.41) is 16.2. The molecule has 1 atom stereocenters. The molecule has 3 N–H and O–H groups in total. The van der Waals surface area contributed by atoms with Gasteiger partial charge in [0.05, 0.1) is 24.0 Å². The summed E-state index contributed by atoms with van der Waals surface area (Å²) in [4.78, 5) is 17.9. The van der Waals surface area contributed by atoms with Crippen molar-refractivity contribution in [3.05, 3.63) is 60.6 Å². The molecule has 0 bridgehead atoms. The van der Waals surface area contributed by atoms with Gasteiger partial charge >= 0.3 is 0 Å². The molecular weight excluding hydrogens is 352 g/mol. The quantitative estimate of drug-likeness (QED) is 0.527. The number of aliphatic hydroxyl groups excluding tert-OH is 1. The van der Waals surface area contributed by atoms with Crippen LogP contribution in [0.2, 0.25) is 0 Å². The molecule has 3 aromatic heterocycles. The summed E-state index contributed by atoms with van der Waals surface area (Å²) in [5.41, 5.74) is 2.51. The molecule has 28 heavy (non-hydrogen) atoms. The molecule has 3 rings (SSSR count). The van der Waals surface area contributed by atoms with Gasteiger partial charge in [-0.25, -0.2) is 4.98 Å². The van der Waals surface area contributed by atoms with Gasteiger partial charge in [0, 0.05) is 37.1 Å². The number of aromatic nitrogens is 4. The molecule has 0 aliphatic rings. The first-order valence-corrected chi connectivity index (χ1v) is 9.47. The van der Waals surface area contributed by atoms with E-state index in [0.717, 1.165) is 23.5 Å². The lowest BCUT2D eigenvalue weighted by molar-refractivity contribution is 0.248. The fourth-order valence-corrected chi connectivity index (χ4v) is 2.70. The second kappa shape index (κ2) is 9.75. The molecule has 0 aliphatic heterocycles. The van der Waals surface area contributed by atoms with E-state index in [4.69, 9.17) is 0 Å². The largest absolute Gasteiger partial charge is 0.394 e. The monoisotopic (exact) mass is 378 g/mol. The Morgan fingerprint density at radius 1 is 0.964 bits per heavy atom. The molecule has 0 aliphatic carbocycles. The minimum atomic E-state index is -0.125. The third-order valence-corrected chi connectivity index (χ3v) is 4.38. The first-order chi connectivity index (χ1) is 13.7. The van der Waals surface area contributed by atoms with E-state index < -0.39 is 0 Å². The van der Waals surface area contributed by atoms with Crippen molar-refractivity contribution in [1.29, 1.82) is 0 Å². The van der Waals surface area contributed by atoms with Crippen molar-refractivity contribution in [2.75, 3.05) is 23.8 Å². The van der Waals surface area contributed by atoms with Gasteiger partial charge in [-0.05, 0) is 30.2 Å². The van der Waals surface area contributed by atoms with Gasteiger partial charge < -0.3 is 15.7 Å². The first kappa shape index (κ1) is 19.7. The van der Waals surface area contributed by atoms with Crippen LogP contribution in [-0.2, 0) is 6.42 Å². The summed E-state index contributed by atoms with van der Waals surface area (Å²) in [5.74, 6) is 1.42. The Bertz CT molecular complexity index is 857. The molecule has 0 saturated heterocycles. The van der Waals surface area contributed by atoms with E-state index in [2.05, 4.69) is 30.6 Å². The number of hydrogen-bond acceptors (Lipinski definition) is 7. The van der Waals surface area contributed by atoms with Crippen LogP contribution in [-0.4, -0.2) is 44.2 Å². The van der Waals surface area contributed by atoms with Crippen LogP contribution < -0.4 is 10.6 Å². The summed E-state index contributed by atoms with van der Waals surface area (Å²) >= 11 is 0. The number of aliphatic hydroxyl groups is 1. The highest BCUT2D eigenvalue weighted by Gasteiger charge is 2.15. The van der Waals surface area contributed by atoms with Gasteiger partial charge in [0.25, 0.3) is 0 Å². The number of anilines is 2. The Hall–Kier alpha value is -3.06. The van der Waals surface area contributed by atoms with Crippen LogP contribution in [0.3, 0.4) is 0 Å². The third kappa shape index (κ3) is 5.47. The lowest BCUT2D eigenvalue weighted by atomic mass is 10.1. The minimum absolute atomic E-state index is 0.0112. The molecule has 0 fully saturated rings. The Morgan fingerprint density at radius 2 is 1.75 bits per heavy atom. The molecule has 0 aromatic carbocycles. The van der Waals surface area contributed by atoms with Gasteiger partial charge in [0.1, 0.15) is 5.82 Å². The van der Waals surface area contributed by atoms with Crippen molar-refractivity contribution >= 4 is 11.8 Å². The molecule has 0 radical (unpaired) electrons. The van der Waals surface area contributed by atoms with Gasteiger partial charge in [-0.2, -0.15) is 4.98 Å². The normalized spacial score (nSPS) is 12.0. The molecular formula is C21H26N6O. The zero-order valence-electron chi connectivity index (χ0n) is 16.2. The predicted octanol–water partition coefficient (Wildman–Crippen LogP) is 3.02. The van der Waals surface area contributed by atoms with E-state index in [1.54, 1.807) is 12.4 Å². The van der Waals surface area contributed by atoms with Gasteiger partial charge in [0.2, 0.25) is 5.95 Å². The van der Waals surface area contributed by atoms with Gasteiger partial charge in [-0.15, -0.1) is 0 Å². The van der Waals surface area contributed by atoms with E-state index in [9.17, 15) is 5.11 Å². The van der Waals surface area contributed by atoms with Crippen molar-refractivity contribution < 1.29 is 5.11 Å². The molecule has 0 saturated carbocycles. The van der Waals surface area contributed by atoms with E-state index in [1.165, 1.54) is 0 Å². The zero-order chi connectivity index (χ0) is 19.8. The second-order valence-corrected chi connectivity index (χ2v) is 6.85. The van der Waals surface area contributed by atoms with Crippen LogP contribution in [0.15, 0.2) is 54.9 Å². The summed E-state index contributed by atoms with van der Waals surface area (Å²) in [6.45, 7) is 4.80. The van der Waals surface area contributed by atoms with Crippen LogP contribution in [0, 0.1) is 5.92 Å². The second-order valence-electron chi connectivity index (χ2n) is 6.85. The molecule has 0 unspecified atom stereocenters. The van der Waals surface area contributed by atoms with Crippen LogP contribution in [0.1, 0.15) is 19.5 Å². The number of hydrogen-bond donors (Lipinski definition) is 3. The zero-order valence-corrected chi connectivity index (χ0v) is 16.2. The fourth-order valence-electron chi connectivity index (χ4n) is 2.70. The van der Waals surface area contributed by atoms with Gasteiger partial charge in [-0.3, -0.25) is 9.97 Å². The topological polar surface area (TPSA) is 95.8 Å². The molecule has 7 heteroatoms. The highest BCUT2D eigenvalue weighted by Crippen LogP contribution is 2.20. The standard InChI is InChI=1S/C21H26N6O/c1-15(2)19(14-28)26-21-25-18(17-8-4-6-11-23-17)13-20(27-21)24-12-9-16-7-3-5-10-22-16/h3-8,10-11,13,15,19,28H,9,12,14H2,1-2H3,(H2,24,25,26,27)/t19-/m0/s1. The van der Waals surface area contributed by atoms with Crippen LogP contribution in [0.4, 0.5) is 11.8 Å². The molecule has 3 heterocycles. The van der Waals surface area contributed by atoms with Gasteiger partial charge in [0.15, 0.2) is 0 Å². The van der Waals surface area contributed by atoms with Crippen LogP contribution >= 0.6 is 0 Å². The Kier molecular flexibility index (Phi) is 6.86. The molecule has 0 amide bonds. The van der Waals surface area contributed by atoms with Crippen molar-refractivity contribution in [3.63, 3.8) is 0 Å². The Labute approximate surface area is 165 Å². The summed E-state index contributed by atoms with van der Waals surface area (Å²) in [7, 11) is 0. The maximum absolute atomic E-state index is 9.63. The number of pyridine rings is 2. The molecule has 146 valence electrons. The Balaban J connectivity index is 1.80. The van der Waals surface area contributed by atoms with E-state index in [0.29, 0.717) is 18.3 Å². The van der Waals surface area contributed by atoms with Crippen LogP contribution in [0.5, 0.6) is 0 Å². The van der Waals surface area contributed by atoms with Crippen molar-refractivity contribution in [3.8, 4) is 11.4 Å². The van der Waals surface area contributed by atoms with Gasteiger partial charge in [-0.1, -0.05) is 26.0 Å². The Morgan fingerprint density at radius 3 is 2.39 bits per heavy atom. The van der Waals surface area contributed by atoms with Crippen molar-refractivity contribution in [2.24, 2.45) is 5.92 Å². The highest BCUT2D eigenvalue weighted by atomic mass is 16.3. The molecule has 3 aromatic rings. The first-order valence-electron chi connectivity index (χ1n) is 9.47. The maximum Gasteiger partial charge on any atom is 0.225 e. The summed E-state index contributed by atoms with van der Waals surface area (Å²) in [6.07, 6.45) is 4.32. The average molecular weight is 378 g/mol. The minimum Gasteiger partial charge on any atom is -0.394 e. The third-order valence-electron chi connectivity index (χ3n) is 4.38. The summed E-state index contributed by atoms with van der Waals surface area (Å²) in [6, 6.07) is 13.4.